The standard InChI is InChI=1S/C23H30O4/c1-14(24)27-13-21(26)20-7-6-18-17-5-4-15-12-16(25)8-10-22(15,2)19(17)9-11-23(18,20)3/h8,10,12,17-20H,4-7,9,11,13H2,1-3H3/t17-,18-,19-,20+,22-,23-/m0/s1. The minimum atomic E-state index is -0.384. The van der Waals surface area contributed by atoms with Crippen LogP contribution in [-0.2, 0) is 19.1 Å². The average molecular weight is 370 g/mol. The molecule has 6 atom stereocenters. The second kappa shape index (κ2) is 6.42. The number of Topliss-reactive ketones (excluding diaryl/α,β-unsaturated/α-hetero) is 1. The number of carbonyl (C=O) groups excluding carboxylic acids is 3. The van der Waals surface area contributed by atoms with Crippen LogP contribution in [0.1, 0.15) is 59.3 Å². The van der Waals surface area contributed by atoms with Gasteiger partial charge in [-0.1, -0.05) is 25.5 Å². The smallest absolute Gasteiger partial charge is 0.303 e. The van der Waals surface area contributed by atoms with Crippen molar-refractivity contribution in [3.63, 3.8) is 0 Å². The molecule has 3 saturated carbocycles. The zero-order chi connectivity index (χ0) is 19.4. The van der Waals surface area contributed by atoms with Crippen LogP contribution in [0.4, 0.5) is 0 Å². The van der Waals surface area contributed by atoms with Gasteiger partial charge in [-0.25, -0.2) is 0 Å². The molecule has 0 heterocycles. The van der Waals surface area contributed by atoms with Crippen LogP contribution in [0.15, 0.2) is 23.8 Å². The van der Waals surface area contributed by atoms with E-state index in [1.54, 1.807) is 6.08 Å². The zero-order valence-electron chi connectivity index (χ0n) is 16.6. The van der Waals surface area contributed by atoms with Gasteiger partial charge in [0.1, 0.15) is 6.61 Å². The van der Waals surface area contributed by atoms with Gasteiger partial charge in [0.25, 0.3) is 0 Å². The first-order valence-corrected chi connectivity index (χ1v) is 10.4. The summed E-state index contributed by atoms with van der Waals surface area (Å²) in [5.74, 6) is 1.56. The van der Waals surface area contributed by atoms with Crippen LogP contribution in [0, 0.1) is 34.5 Å². The molecule has 0 aliphatic heterocycles. The maximum atomic E-state index is 12.8. The molecule has 0 aromatic carbocycles. The predicted molar refractivity (Wildman–Crippen MR) is 102 cm³/mol. The Morgan fingerprint density at radius 2 is 1.93 bits per heavy atom. The van der Waals surface area contributed by atoms with Gasteiger partial charge in [0.15, 0.2) is 11.6 Å². The molecule has 0 amide bonds. The lowest BCUT2D eigenvalue weighted by molar-refractivity contribution is -0.149. The summed E-state index contributed by atoms with van der Waals surface area (Å²) in [4.78, 5) is 35.7. The van der Waals surface area contributed by atoms with Crippen LogP contribution in [0.2, 0.25) is 0 Å². The fourth-order valence-corrected chi connectivity index (χ4v) is 7.00. The second-order valence-electron chi connectivity index (χ2n) is 9.52. The Labute approximate surface area is 161 Å². The van der Waals surface area contributed by atoms with Crippen molar-refractivity contribution in [1.29, 1.82) is 0 Å². The number of rotatable bonds is 3. The van der Waals surface area contributed by atoms with Crippen LogP contribution in [0.3, 0.4) is 0 Å². The van der Waals surface area contributed by atoms with Gasteiger partial charge >= 0.3 is 5.97 Å². The van der Waals surface area contributed by atoms with Gasteiger partial charge in [0.2, 0.25) is 0 Å². The Hall–Kier alpha value is -1.71. The first-order chi connectivity index (χ1) is 12.8. The molecule has 0 N–H and O–H groups in total. The summed E-state index contributed by atoms with van der Waals surface area (Å²) in [6, 6.07) is 0. The van der Waals surface area contributed by atoms with Crippen molar-refractivity contribution in [3.8, 4) is 0 Å². The lowest BCUT2D eigenvalue weighted by Gasteiger charge is -2.56. The van der Waals surface area contributed by atoms with Gasteiger partial charge in [-0.05, 0) is 73.8 Å². The van der Waals surface area contributed by atoms with Crippen molar-refractivity contribution >= 4 is 17.5 Å². The zero-order valence-corrected chi connectivity index (χ0v) is 16.6. The molecule has 27 heavy (non-hydrogen) atoms. The fraction of sp³-hybridized carbons (Fsp3) is 0.696. The van der Waals surface area contributed by atoms with Crippen molar-refractivity contribution in [2.24, 2.45) is 34.5 Å². The van der Waals surface area contributed by atoms with E-state index < -0.39 is 0 Å². The summed E-state index contributed by atoms with van der Waals surface area (Å²) in [5, 5.41) is 0. The molecule has 0 unspecified atom stereocenters. The van der Waals surface area contributed by atoms with Crippen molar-refractivity contribution in [1.82, 2.24) is 0 Å². The van der Waals surface area contributed by atoms with E-state index in [2.05, 4.69) is 19.9 Å². The van der Waals surface area contributed by atoms with E-state index in [1.807, 2.05) is 6.08 Å². The van der Waals surface area contributed by atoms with Crippen molar-refractivity contribution in [3.05, 3.63) is 23.8 Å². The lowest BCUT2D eigenvalue weighted by Crippen LogP contribution is -2.50. The first kappa shape index (κ1) is 18.6. The highest BCUT2D eigenvalue weighted by molar-refractivity contribution is 6.01. The van der Waals surface area contributed by atoms with E-state index in [0.29, 0.717) is 17.8 Å². The number of esters is 1. The molecule has 0 bridgehead atoms. The molecule has 4 aliphatic rings. The molecule has 0 aromatic heterocycles. The summed E-state index contributed by atoms with van der Waals surface area (Å²) in [7, 11) is 0. The normalized spacial score (nSPS) is 42.6. The van der Waals surface area contributed by atoms with E-state index in [4.69, 9.17) is 4.74 Å². The average Bonchev–Trinajstić information content (AvgIpc) is 2.97. The van der Waals surface area contributed by atoms with Gasteiger partial charge in [0.05, 0.1) is 0 Å². The van der Waals surface area contributed by atoms with Crippen LogP contribution in [0.5, 0.6) is 0 Å². The summed E-state index contributed by atoms with van der Waals surface area (Å²) < 4.78 is 5.01. The third kappa shape index (κ3) is 2.83. The minimum absolute atomic E-state index is 0.00199. The van der Waals surface area contributed by atoms with Gasteiger partial charge in [0, 0.05) is 18.3 Å². The number of allylic oxidation sites excluding steroid dienone is 4. The van der Waals surface area contributed by atoms with Gasteiger partial charge in [-0.2, -0.15) is 0 Å². The fourth-order valence-electron chi connectivity index (χ4n) is 7.00. The Morgan fingerprint density at radius 3 is 2.67 bits per heavy atom. The Morgan fingerprint density at radius 1 is 1.15 bits per heavy atom. The molecule has 4 rings (SSSR count). The maximum Gasteiger partial charge on any atom is 0.303 e. The van der Waals surface area contributed by atoms with E-state index in [0.717, 1.165) is 38.5 Å². The second-order valence-corrected chi connectivity index (χ2v) is 9.52. The van der Waals surface area contributed by atoms with Crippen LogP contribution in [-0.4, -0.2) is 24.1 Å². The maximum absolute atomic E-state index is 12.8. The molecule has 0 saturated heterocycles. The minimum Gasteiger partial charge on any atom is -0.458 e. The van der Waals surface area contributed by atoms with Crippen molar-refractivity contribution in [2.75, 3.05) is 6.61 Å². The molecule has 4 nitrogen and oxygen atoms in total. The Bertz CT molecular complexity index is 747. The third-order valence-electron chi connectivity index (χ3n) is 8.36. The predicted octanol–water partition coefficient (Wildman–Crippen LogP) is 4.04. The van der Waals surface area contributed by atoms with E-state index >= 15 is 0 Å². The summed E-state index contributed by atoms with van der Waals surface area (Å²) >= 11 is 0. The molecular weight excluding hydrogens is 340 g/mol. The number of ether oxygens (including phenoxy) is 1. The largest absolute Gasteiger partial charge is 0.458 e. The lowest BCUT2D eigenvalue weighted by atomic mass is 9.47. The summed E-state index contributed by atoms with van der Waals surface area (Å²) in [6.07, 6.45) is 12.0. The van der Waals surface area contributed by atoms with E-state index in [9.17, 15) is 14.4 Å². The number of hydrogen-bond donors (Lipinski definition) is 0. The molecule has 4 aliphatic carbocycles. The number of ketones is 2. The SMILES string of the molecule is CC(=O)OCC(=O)[C@H]1CC[C@H]2[C@@H]3CCC4=CC(=O)C=C[C@]4(C)[C@H]3CC[C@]12C. The Kier molecular flexibility index (Phi) is 4.44. The van der Waals surface area contributed by atoms with Crippen LogP contribution >= 0.6 is 0 Å². The number of carbonyl (C=O) groups is 3. The highest BCUT2D eigenvalue weighted by Crippen LogP contribution is 2.66. The Balaban J connectivity index is 1.56. The number of hydrogen-bond acceptors (Lipinski definition) is 4. The molecule has 0 radical (unpaired) electrons. The monoisotopic (exact) mass is 370 g/mol. The molecule has 146 valence electrons. The number of fused-ring (bicyclic) bond motifs is 5. The first-order valence-electron chi connectivity index (χ1n) is 10.4. The van der Waals surface area contributed by atoms with Gasteiger partial charge in [-0.3, -0.25) is 14.4 Å². The summed E-state index contributed by atoms with van der Waals surface area (Å²) in [5.41, 5.74) is 1.32. The highest BCUT2D eigenvalue weighted by Gasteiger charge is 2.59. The molecule has 0 aromatic rings. The molecule has 4 heteroatoms. The van der Waals surface area contributed by atoms with Gasteiger partial charge < -0.3 is 4.74 Å². The van der Waals surface area contributed by atoms with Crippen LogP contribution < -0.4 is 0 Å². The molecular formula is C23H30O4. The molecule has 3 fully saturated rings. The highest BCUT2D eigenvalue weighted by atomic mass is 16.5. The topological polar surface area (TPSA) is 60.4 Å². The van der Waals surface area contributed by atoms with Crippen molar-refractivity contribution in [2.45, 2.75) is 59.3 Å². The van der Waals surface area contributed by atoms with Crippen LogP contribution in [0.25, 0.3) is 0 Å². The van der Waals surface area contributed by atoms with E-state index in [1.165, 1.54) is 12.5 Å². The van der Waals surface area contributed by atoms with Crippen molar-refractivity contribution < 1.29 is 19.1 Å². The van der Waals surface area contributed by atoms with E-state index in [-0.39, 0.29) is 40.9 Å². The molecule has 0 spiro atoms. The summed E-state index contributed by atoms with van der Waals surface area (Å²) in [6.45, 7) is 5.88. The van der Waals surface area contributed by atoms with Gasteiger partial charge in [-0.15, -0.1) is 0 Å². The quantitative estimate of drug-likeness (QED) is 0.704. The third-order valence-corrected chi connectivity index (χ3v) is 8.36.